The van der Waals surface area contributed by atoms with Gasteiger partial charge in [0.05, 0.1) is 0 Å². The predicted molar refractivity (Wildman–Crippen MR) is 71.7 cm³/mol. The summed E-state index contributed by atoms with van der Waals surface area (Å²) in [4.78, 5) is 2.60. The lowest BCUT2D eigenvalue weighted by Gasteiger charge is -2.36. The van der Waals surface area contributed by atoms with Gasteiger partial charge < -0.3 is 5.32 Å². The standard InChI is InChI=1S/C14H28N2/c1-6-13(11-15-5)16-9-7-12(8-10-16)14(2,3)4/h7,13,15H,6,8-11H2,1-5H3. The van der Waals surface area contributed by atoms with E-state index in [4.69, 9.17) is 0 Å². The molecule has 0 aromatic carbocycles. The topological polar surface area (TPSA) is 15.3 Å². The van der Waals surface area contributed by atoms with Crippen molar-refractivity contribution < 1.29 is 0 Å². The number of nitrogens with zero attached hydrogens (tertiary/aromatic N) is 1. The summed E-state index contributed by atoms with van der Waals surface area (Å²) in [6.45, 7) is 12.7. The molecule has 0 aliphatic carbocycles. The molecule has 1 rings (SSSR count). The van der Waals surface area contributed by atoms with Crippen molar-refractivity contribution in [3.63, 3.8) is 0 Å². The first-order valence-corrected chi connectivity index (χ1v) is 6.57. The highest BCUT2D eigenvalue weighted by Crippen LogP contribution is 2.30. The van der Waals surface area contributed by atoms with Gasteiger partial charge in [0.2, 0.25) is 0 Å². The molecule has 1 unspecified atom stereocenters. The molecule has 2 nitrogen and oxygen atoms in total. The zero-order valence-electron chi connectivity index (χ0n) is 11.6. The second kappa shape index (κ2) is 5.83. The van der Waals surface area contributed by atoms with E-state index in [2.05, 4.69) is 44.0 Å². The lowest BCUT2D eigenvalue weighted by atomic mass is 9.82. The minimum atomic E-state index is 0.358. The van der Waals surface area contributed by atoms with Gasteiger partial charge >= 0.3 is 0 Å². The van der Waals surface area contributed by atoms with Crippen LogP contribution in [0.4, 0.5) is 0 Å². The Morgan fingerprint density at radius 1 is 1.44 bits per heavy atom. The molecule has 0 fully saturated rings. The molecule has 1 aliphatic heterocycles. The Bertz CT molecular complexity index is 238. The van der Waals surface area contributed by atoms with Crippen LogP contribution in [-0.2, 0) is 0 Å². The van der Waals surface area contributed by atoms with Gasteiger partial charge in [-0.2, -0.15) is 0 Å². The molecule has 0 saturated carbocycles. The second-order valence-electron chi connectivity index (χ2n) is 5.84. The Labute approximate surface area is 101 Å². The molecule has 1 heterocycles. The number of hydrogen-bond donors (Lipinski definition) is 1. The summed E-state index contributed by atoms with van der Waals surface area (Å²) < 4.78 is 0. The van der Waals surface area contributed by atoms with Crippen LogP contribution in [0.3, 0.4) is 0 Å². The van der Waals surface area contributed by atoms with E-state index < -0.39 is 0 Å². The van der Waals surface area contributed by atoms with Crippen molar-refractivity contribution >= 4 is 0 Å². The van der Waals surface area contributed by atoms with Gasteiger partial charge in [-0.05, 0) is 25.3 Å². The van der Waals surface area contributed by atoms with E-state index >= 15 is 0 Å². The van der Waals surface area contributed by atoms with Gasteiger partial charge in [0.25, 0.3) is 0 Å². The van der Waals surface area contributed by atoms with Crippen molar-refractivity contribution in [2.24, 2.45) is 5.41 Å². The summed E-state index contributed by atoms with van der Waals surface area (Å²) in [6, 6.07) is 0.697. The lowest BCUT2D eigenvalue weighted by molar-refractivity contribution is 0.196. The summed E-state index contributed by atoms with van der Waals surface area (Å²) in [7, 11) is 2.04. The number of likely N-dealkylation sites (N-methyl/N-ethyl adjacent to an activating group) is 1. The van der Waals surface area contributed by atoms with Gasteiger partial charge in [0, 0.05) is 25.7 Å². The molecule has 0 aromatic heterocycles. The summed E-state index contributed by atoms with van der Waals surface area (Å²) in [5.74, 6) is 0. The maximum Gasteiger partial charge on any atom is 0.0221 e. The summed E-state index contributed by atoms with van der Waals surface area (Å²) in [5.41, 5.74) is 1.99. The minimum Gasteiger partial charge on any atom is -0.318 e. The van der Waals surface area contributed by atoms with Crippen LogP contribution in [0.1, 0.15) is 40.5 Å². The van der Waals surface area contributed by atoms with E-state index in [-0.39, 0.29) is 0 Å². The van der Waals surface area contributed by atoms with Gasteiger partial charge in [0.1, 0.15) is 0 Å². The minimum absolute atomic E-state index is 0.358. The van der Waals surface area contributed by atoms with Crippen LogP contribution in [0.5, 0.6) is 0 Å². The van der Waals surface area contributed by atoms with E-state index in [1.54, 1.807) is 5.57 Å². The first-order valence-electron chi connectivity index (χ1n) is 6.57. The number of rotatable bonds is 4. The maximum absolute atomic E-state index is 3.30. The summed E-state index contributed by atoms with van der Waals surface area (Å²) in [6.07, 6.45) is 4.92. The average Bonchev–Trinajstić information content (AvgIpc) is 2.25. The van der Waals surface area contributed by atoms with E-state index in [0.717, 1.165) is 13.1 Å². The predicted octanol–water partition coefficient (Wildman–Crippen LogP) is 2.66. The van der Waals surface area contributed by atoms with Crippen molar-refractivity contribution in [1.29, 1.82) is 0 Å². The molecule has 0 radical (unpaired) electrons. The SMILES string of the molecule is CCC(CNC)N1CC=C(C(C)(C)C)CC1. The third-order valence-electron chi connectivity index (χ3n) is 3.63. The Balaban J connectivity index is 2.56. The molecule has 0 spiro atoms. The van der Waals surface area contributed by atoms with Gasteiger partial charge in [-0.3, -0.25) is 4.90 Å². The molecule has 1 atom stereocenters. The Morgan fingerprint density at radius 3 is 2.50 bits per heavy atom. The first kappa shape index (κ1) is 13.7. The van der Waals surface area contributed by atoms with Crippen LogP contribution in [0.2, 0.25) is 0 Å². The highest BCUT2D eigenvalue weighted by atomic mass is 15.2. The van der Waals surface area contributed by atoms with Crippen LogP contribution in [0.15, 0.2) is 11.6 Å². The van der Waals surface area contributed by atoms with Crippen LogP contribution in [0.25, 0.3) is 0 Å². The van der Waals surface area contributed by atoms with Crippen molar-refractivity contribution in [2.45, 2.75) is 46.6 Å². The summed E-state index contributed by atoms with van der Waals surface area (Å²) >= 11 is 0. The fourth-order valence-corrected chi connectivity index (χ4v) is 2.46. The molecule has 0 bridgehead atoms. The Hall–Kier alpha value is -0.340. The van der Waals surface area contributed by atoms with Crippen LogP contribution in [-0.4, -0.2) is 37.6 Å². The quantitative estimate of drug-likeness (QED) is 0.739. The first-order chi connectivity index (χ1) is 7.49. The Morgan fingerprint density at radius 2 is 2.12 bits per heavy atom. The van der Waals surface area contributed by atoms with Crippen LogP contribution < -0.4 is 5.32 Å². The normalized spacial score (nSPS) is 20.7. The van der Waals surface area contributed by atoms with Crippen molar-refractivity contribution in [1.82, 2.24) is 10.2 Å². The van der Waals surface area contributed by atoms with Crippen LogP contribution in [0, 0.1) is 5.41 Å². The van der Waals surface area contributed by atoms with E-state index in [1.165, 1.54) is 19.4 Å². The monoisotopic (exact) mass is 224 g/mol. The van der Waals surface area contributed by atoms with E-state index in [9.17, 15) is 0 Å². The lowest BCUT2D eigenvalue weighted by Crippen LogP contribution is -2.44. The molecular formula is C14H28N2. The third kappa shape index (κ3) is 3.60. The molecular weight excluding hydrogens is 196 g/mol. The number of hydrogen-bond acceptors (Lipinski definition) is 2. The highest BCUT2D eigenvalue weighted by Gasteiger charge is 2.24. The highest BCUT2D eigenvalue weighted by molar-refractivity contribution is 5.14. The van der Waals surface area contributed by atoms with Gasteiger partial charge in [-0.15, -0.1) is 0 Å². The molecule has 1 N–H and O–H groups in total. The average molecular weight is 224 g/mol. The maximum atomic E-state index is 3.30. The zero-order valence-corrected chi connectivity index (χ0v) is 11.6. The number of nitrogens with one attached hydrogen (secondary N) is 1. The van der Waals surface area contributed by atoms with Crippen molar-refractivity contribution in [2.75, 3.05) is 26.7 Å². The fourth-order valence-electron chi connectivity index (χ4n) is 2.46. The Kier molecular flexibility index (Phi) is 5.00. The van der Waals surface area contributed by atoms with Gasteiger partial charge in [-0.1, -0.05) is 39.3 Å². The smallest absolute Gasteiger partial charge is 0.0221 e. The molecule has 2 heteroatoms. The van der Waals surface area contributed by atoms with Gasteiger partial charge in [0.15, 0.2) is 0 Å². The molecule has 0 aromatic rings. The molecule has 0 amide bonds. The summed E-state index contributed by atoms with van der Waals surface area (Å²) in [5, 5.41) is 3.30. The third-order valence-corrected chi connectivity index (χ3v) is 3.63. The van der Waals surface area contributed by atoms with Crippen molar-refractivity contribution in [3.05, 3.63) is 11.6 Å². The molecule has 94 valence electrons. The van der Waals surface area contributed by atoms with E-state index in [0.29, 0.717) is 11.5 Å². The zero-order chi connectivity index (χ0) is 12.2. The largest absolute Gasteiger partial charge is 0.318 e. The van der Waals surface area contributed by atoms with Gasteiger partial charge in [-0.25, -0.2) is 0 Å². The van der Waals surface area contributed by atoms with E-state index in [1.807, 2.05) is 7.05 Å². The van der Waals surface area contributed by atoms with Crippen LogP contribution >= 0.6 is 0 Å². The molecule has 0 saturated heterocycles. The molecule has 1 aliphatic rings. The second-order valence-corrected chi connectivity index (χ2v) is 5.84. The van der Waals surface area contributed by atoms with Crippen molar-refractivity contribution in [3.8, 4) is 0 Å². The molecule has 16 heavy (non-hydrogen) atoms. The fraction of sp³-hybridized carbons (Fsp3) is 0.857.